The molecule has 390 valence electrons. The van der Waals surface area contributed by atoms with Crippen molar-refractivity contribution >= 4 is 58.2 Å². The maximum Gasteiger partial charge on any atom is 0.343 e. The van der Waals surface area contributed by atoms with Gasteiger partial charge in [0.15, 0.2) is 5.60 Å². The van der Waals surface area contributed by atoms with E-state index >= 15 is 4.39 Å². The first-order valence-electron chi connectivity index (χ1n) is 24.5. The molecule has 0 spiro atoms. The Morgan fingerprint density at radius 3 is 2.35 bits per heavy atom. The van der Waals surface area contributed by atoms with Crippen LogP contribution in [0.15, 0.2) is 59.4 Å². The van der Waals surface area contributed by atoms with Crippen LogP contribution in [0.3, 0.4) is 0 Å². The zero-order chi connectivity index (χ0) is 52.7. The molecule has 0 radical (unpaired) electrons. The number of nitrogens with zero attached hydrogens (tertiary/aromatic N) is 3. The average Bonchev–Trinajstić information content (AvgIpc) is 3.95. The minimum Gasteiger partial charge on any atom is -0.458 e. The molecule has 6 N–H and O–H groups in total. The number of carbonyl (C=O) groups excluding carboxylic acids is 8. The van der Waals surface area contributed by atoms with E-state index in [1.807, 2.05) is 0 Å². The van der Waals surface area contributed by atoms with E-state index in [1.165, 1.54) is 22.8 Å². The number of unbranched alkanes of at least 4 members (excludes halogenated alkanes) is 2. The lowest BCUT2D eigenvalue weighted by Crippen LogP contribution is -2.52. The Bertz CT molecular complexity index is 3000. The summed E-state index contributed by atoms with van der Waals surface area (Å²) in [7, 11) is 0. The number of amides is 7. The molecule has 21 nitrogen and oxygen atoms in total. The highest BCUT2D eigenvalue weighted by Crippen LogP contribution is 2.47. The maximum absolute atomic E-state index is 15.3. The van der Waals surface area contributed by atoms with Crippen LogP contribution in [-0.4, -0.2) is 119 Å². The molecule has 0 saturated carbocycles. The predicted molar refractivity (Wildman–Crippen MR) is 261 cm³/mol. The fraction of sp³-hybridized carbons (Fsp3) is 0.423. The van der Waals surface area contributed by atoms with Crippen molar-refractivity contribution < 1.29 is 62.1 Å². The number of aryl methyl sites for hydroxylation is 1. The van der Waals surface area contributed by atoms with Crippen LogP contribution in [0.1, 0.15) is 90.5 Å². The number of rotatable bonds is 23. The molecular formula is C52H57FN8O13. The number of hydrogen-bond donors (Lipinski definition) is 6. The summed E-state index contributed by atoms with van der Waals surface area (Å²) in [4.78, 5) is 120. The highest BCUT2D eigenvalue weighted by Gasteiger charge is 2.46. The first-order chi connectivity index (χ1) is 35.6. The molecule has 2 aromatic carbocycles. The molecule has 22 heteroatoms. The van der Waals surface area contributed by atoms with Gasteiger partial charge in [0.1, 0.15) is 25.2 Å². The van der Waals surface area contributed by atoms with Gasteiger partial charge in [-0.3, -0.25) is 43.3 Å². The summed E-state index contributed by atoms with van der Waals surface area (Å²) >= 11 is 0. The number of pyridine rings is 2. The van der Waals surface area contributed by atoms with Gasteiger partial charge in [0, 0.05) is 54.1 Å². The third-order valence-corrected chi connectivity index (χ3v) is 13.7. The van der Waals surface area contributed by atoms with E-state index in [1.54, 1.807) is 50.2 Å². The number of benzene rings is 2. The second-order valence-electron chi connectivity index (χ2n) is 18.4. The zero-order valence-corrected chi connectivity index (χ0v) is 40.9. The van der Waals surface area contributed by atoms with Crippen molar-refractivity contribution in [3.05, 3.63) is 110 Å². The van der Waals surface area contributed by atoms with Crippen LogP contribution >= 0.6 is 0 Å². The third kappa shape index (κ3) is 11.4. The Balaban J connectivity index is 0.791. The Hall–Kier alpha value is -7.69. The number of esters is 1. The predicted octanol–water partition coefficient (Wildman–Crippen LogP) is 1.18. The lowest BCUT2D eigenvalue weighted by molar-refractivity contribution is -0.172. The molecule has 0 fully saturated rings. The van der Waals surface area contributed by atoms with Crippen molar-refractivity contribution in [3.63, 3.8) is 0 Å². The van der Waals surface area contributed by atoms with Gasteiger partial charge in [-0.05, 0) is 67.3 Å². The number of fused-ring (bicyclic) bond motifs is 5. The Labute approximate surface area is 423 Å². The molecule has 4 aliphatic rings. The highest BCUT2D eigenvalue weighted by atomic mass is 19.1. The topological polar surface area (TPSA) is 283 Å². The molecule has 8 rings (SSSR count). The van der Waals surface area contributed by atoms with Crippen LogP contribution in [0.4, 0.5) is 4.39 Å². The molecule has 0 saturated heterocycles. The standard InChI is InChI=1S/C52H57FN8O13/c1-3-52(71)34-21-38-48-32(26-61(38)50(69)33(34)27-74-51(52)70)47-39(14-13-31-29(2)35(53)22-36(59-48)46(31)47)73-19-18-72-28-57-42(64)24-56-49(68)37(20-30-10-6-4-7-11-30)58-43(65)25-55-41(63)23-54-40(62)12-8-5-9-17-60-44(66)15-16-45(60)67/h4,6-7,10-11,15-16,21-22,37,39,71H,3,5,8-9,12-14,17-20,23-28H2,1-2H3,(H,54,62)(H,55,63)(H,56,68)(H,57,64)(H,58,65)/t37-,39+,52-/m0/s1. The van der Waals surface area contributed by atoms with Crippen molar-refractivity contribution in [1.82, 2.24) is 41.0 Å². The zero-order valence-electron chi connectivity index (χ0n) is 40.9. The van der Waals surface area contributed by atoms with Crippen LogP contribution in [0.2, 0.25) is 0 Å². The van der Waals surface area contributed by atoms with Crippen LogP contribution in [-0.2, 0) is 84.2 Å². The Morgan fingerprint density at radius 1 is 0.878 bits per heavy atom. The number of imide groups is 1. The van der Waals surface area contributed by atoms with Gasteiger partial charge < -0.3 is 50.5 Å². The first-order valence-corrected chi connectivity index (χ1v) is 24.5. The van der Waals surface area contributed by atoms with Crippen molar-refractivity contribution in [3.8, 4) is 11.4 Å². The van der Waals surface area contributed by atoms with Crippen LogP contribution in [0, 0.1) is 12.7 Å². The Morgan fingerprint density at radius 2 is 1.59 bits per heavy atom. The van der Waals surface area contributed by atoms with Crippen molar-refractivity contribution in [2.75, 3.05) is 46.1 Å². The smallest absolute Gasteiger partial charge is 0.343 e. The summed E-state index contributed by atoms with van der Waals surface area (Å²) in [5.74, 6) is -4.96. The van der Waals surface area contributed by atoms with Gasteiger partial charge in [-0.15, -0.1) is 0 Å². The molecule has 3 aliphatic heterocycles. The Kier molecular flexibility index (Phi) is 16.4. The summed E-state index contributed by atoms with van der Waals surface area (Å²) in [6, 6.07) is 10.7. The number of halogens is 1. The van der Waals surface area contributed by atoms with Gasteiger partial charge in [-0.2, -0.15) is 0 Å². The summed E-state index contributed by atoms with van der Waals surface area (Å²) in [6.07, 6.45) is 4.64. The number of cyclic esters (lactones) is 1. The number of carbonyl (C=O) groups is 8. The second kappa shape index (κ2) is 23.0. The monoisotopic (exact) mass is 1020 g/mol. The van der Waals surface area contributed by atoms with Crippen LogP contribution in [0.5, 0.6) is 0 Å². The summed E-state index contributed by atoms with van der Waals surface area (Å²) < 4.78 is 34.1. The number of aromatic nitrogens is 2. The highest BCUT2D eigenvalue weighted by molar-refractivity contribution is 6.12. The summed E-state index contributed by atoms with van der Waals surface area (Å²) in [6.45, 7) is 2.00. The molecule has 74 heavy (non-hydrogen) atoms. The van der Waals surface area contributed by atoms with Gasteiger partial charge in [-0.1, -0.05) is 43.7 Å². The molecular weight excluding hydrogens is 964 g/mol. The van der Waals surface area contributed by atoms with E-state index in [4.69, 9.17) is 19.2 Å². The molecule has 1 aliphatic carbocycles. The van der Waals surface area contributed by atoms with Crippen LogP contribution < -0.4 is 32.1 Å². The summed E-state index contributed by atoms with van der Waals surface area (Å²) in [5, 5.41) is 24.7. The molecule has 0 bridgehead atoms. The number of nitrogens with one attached hydrogen (secondary N) is 5. The van der Waals surface area contributed by atoms with Gasteiger partial charge in [0.25, 0.3) is 17.4 Å². The van der Waals surface area contributed by atoms with E-state index in [0.29, 0.717) is 65.7 Å². The first kappa shape index (κ1) is 52.6. The molecule has 3 atom stereocenters. The minimum atomic E-state index is -2.02. The normalized spacial score (nSPS) is 17.5. The van der Waals surface area contributed by atoms with E-state index in [2.05, 4.69) is 26.6 Å². The fourth-order valence-electron chi connectivity index (χ4n) is 9.68. The molecule has 0 unspecified atom stereocenters. The van der Waals surface area contributed by atoms with Gasteiger partial charge in [0.2, 0.25) is 29.5 Å². The summed E-state index contributed by atoms with van der Waals surface area (Å²) in [5.41, 5.74) is 2.57. The van der Waals surface area contributed by atoms with Crippen molar-refractivity contribution in [1.29, 1.82) is 0 Å². The van der Waals surface area contributed by atoms with E-state index in [0.717, 1.165) is 21.4 Å². The van der Waals surface area contributed by atoms with Gasteiger partial charge >= 0.3 is 5.97 Å². The fourth-order valence-corrected chi connectivity index (χ4v) is 9.68. The number of ether oxygens (including phenoxy) is 3. The minimum absolute atomic E-state index is 0.0207. The lowest BCUT2D eigenvalue weighted by Gasteiger charge is -2.31. The van der Waals surface area contributed by atoms with Crippen molar-refractivity contribution in [2.45, 2.75) is 96.1 Å². The van der Waals surface area contributed by atoms with Gasteiger partial charge in [0.05, 0.1) is 68.0 Å². The average molecular weight is 1020 g/mol. The largest absolute Gasteiger partial charge is 0.458 e. The van der Waals surface area contributed by atoms with E-state index in [-0.39, 0.29) is 94.3 Å². The van der Waals surface area contributed by atoms with Crippen LogP contribution in [0.25, 0.3) is 22.3 Å². The van der Waals surface area contributed by atoms with E-state index in [9.17, 15) is 48.3 Å². The third-order valence-electron chi connectivity index (χ3n) is 13.7. The number of hydrogen-bond acceptors (Lipinski definition) is 14. The van der Waals surface area contributed by atoms with Crippen molar-refractivity contribution in [2.24, 2.45) is 0 Å². The lowest BCUT2D eigenvalue weighted by atomic mass is 9.82. The van der Waals surface area contributed by atoms with Gasteiger partial charge in [-0.25, -0.2) is 14.2 Å². The molecule has 7 amide bonds. The maximum atomic E-state index is 15.3. The SMILES string of the molecule is CC[C@@]1(O)C(=O)OCc2c1cc1n(c2=O)Cc2c-1nc1cc(F)c(C)c3c1c2[C@H](OCCOCNC(=O)CNC(=O)[C@H](Cc1ccccc1)NC(=O)CNC(=O)CNC(=O)CCCCCN1C(=O)C=CC1=O)CC3. The second-order valence-corrected chi connectivity index (χ2v) is 18.4. The molecule has 4 aromatic rings. The number of aliphatic hydroxyl groups is 1. The molecule has 5 heterocycles. The molecule has 2 aromatic heterocycles. The van der Waals surface area contributed by atoms with E-state index < -0.39 is 71.8 Å². The quantitative estimate of drug-likeness (QED) is 0.0232.